The minimum atomic E-state index is 0.691. The highest BCUT2D eigenvalue weighted by Crippen LogP contribution is 2.17. The van der Waals surface area contributed by atoms with Gasteiger partial charge in [-0.1, -0.05) is 17.7 Å². The molecule has 0 bridgehead atoms. The van der Waals surface area contributed by atoms with E-state index in [2.05, 4.69) is 4.90 Å². The number of hydrogen-bond donors (Lipinski definition) is 0. The molecule has 0 saturated carbocycles. The summed E-state index contributed by atoms with van der Waals surface area (Å²) in [7, 11) is 1.97. The number of aliphatic imine (C=N–C) groups is 1. The monoisotopic (exact) mass is 330 g/mol. The highest BCUT2D eigenvalue weighted by molar-refractivity contribution is 6.30. The van der Waals surface area contributed by atoms with Crippen LogP contribution in [0.3, 0.4) is 0 Å². The number of halogens is 1. The lowest BCUT2D eigenvalue weighted by Gasteiger charge is -2.27. The average molecular weight is 331 g/mol. The topological polar surface area (TPSA) is 42.1 Å². The van der Waals surface area contributed by atoms with Crippen LogP contribution in [-0.2, 0) is 11.8 Å². The molecule has 5 nitrogen and oxygen atoms in total. The molecule has 0 unspecified atom stereocenters. The fraction of sp³-hybridized carbons (Fsp3) is 0.294. The molecular weight excluding hydrogens is 312 g/mol. The predicted molar refractivity (Wildman–Crippen MR) is 91.9 cm³/mol. The van der Waals surface area contributed by atoms with Crippen molar-refractivity contribution >= 4 is 23.2 Å². The number of hydrogen-bond acceptors (Lipinski definition) is 2. The van der Waals surface area contributed by atoms with E-state index in [1.165, 1.54) is 0 Å². The van der Waals surface area contributed by atoms with E-state index in [0.29, 0.717) is 24.2 Å². The van der Waals surface area contributed by atoms with E-state index in [9.17, 15) is 0 Å². The summed E-state index contributed by atoms with van der Waals surface area (Å²) in [5, 5.41) is 0.697. The standard InChI is InChI=1S/C17H19ClN4O/c1-21-9-3-2-4-16(21)20-17(22-10-12-23-13-11-22)19-15-7-5-14(18)6-8-15/h2-9H,10-13H2,1H3. The van der Waals surface area contributed by atoms with Crippen LogP contribution in [0.5, 0.6) is 0 Å². The van der Waals surface area contributed by atoms with Gasteiger partial charge in [0.2, 0.25) is 5.96 Å². The number of rotatable bonds is 1. The molecule has 2 aromatic rings. The molecule has 1 aromatic carbocycles. The maximum Gasteiger partial charge on any atom is 0.228 e. The van der Waals surface area contributed by atoms with E-state index in [1.54, 1.807) is 0 Å². The minimum absolute atomic E-state index is 0.691. The van der Waals surface area contributed by atoms with Gasteiger partial charge in [0.25, 0.3) is 0 Å². The number of ether oxygens (including phenoxy) is 1. The molecule has 0 atom stereocenters. The van der Waals surface area contributed by atoms with Crippen LogP contribution >= 0.6 is 11.6 Å². The first-order valence-corrected chi connectivity index (χ1v) is 7.93. The molecule has 0 N–H and O–H groups in total. The van der Waals surface area contributed by atoms with E-state index in [-0.39, 0.29) is 0 Å². The van der Waals surface area contributed by atoms with Gasteiger partial charge in [0.1, 0.15) is 5.49 Å². The molecular formula is C17H19ClN4O. The van der Waals surface area contributed by atoms with Crippen molar-refractivity contribution in [1.82, 2.24) is 9.47 Å². The molecule has 0 radical (unpaired) electrons. The van der Waals surface area contributed by atoms with Crippen molar-refractivity contribution in [2.75, 3.05) is 26.3 Å². The largest absolute Gasteiger partial charge is 0.378 e. The molecule has 23 heavy (non-hydrogen) atoms. The summed E-state index contributed by atoms with van der Waals surface area (Å²) in [6.07, 6.45) is 1.97. The van der Waals surface area contributed by atoms with E-state index < -0.39 is 0 Å². The van der Waals surface area contributed by atoms with Crippen molar-refractivity contribution in [3.8, 4) is 0 Å². The summed E-state index contributed by atoms with van der Waals surface area (Å²) in [5.41, 5.74) is 1.69. The maximum atomic E-state index is 5.95. The molecule has 1 saturated heterocycles. The summed E-state index contributed by atoms with van der Waals surface area (Å²) in [6.45, 7) is 2.95. The lowest BCUT2D eigenvalue weighted by molar-refractivity contribution is 0.0675. The molecule has 1 fully saturated rings. The first kappa shape index (κ1) is 15.8. The van der Waals surface area contributed by atoms with Crippen molar-refractivity contribution in [3.05, 3.63) is 59.2 Å². The van der Waals surface area contributed by atoms with Crippen molar-refractivity contribution < 1.29 is 4.74 Å². The summed E-state index contributed by atoms with van der Waals surface area (Å²) in [6, 6.07) is 13.4. The van der Waals surface area contributed by atoms with E-state index in [1.807, 2.05) is 60.3 Å². The van der Waals surface area contributed by atoms with Gasteiger partial charge in [0.15, 0.2) is 0 Å². The van der Waals surface area contributed by atoms with Crippen LogP contribution < -0.4 is 5.49 Å². The van der Waals surface area contributed by atoms with Crippen molar-refractivity contribution in [2.24, 2.45) is 17.0 Å². The smallest absolute Gasteiger partial charge is 0.228 e. The van der Waals surface area contributed by atoms with Crippen LogP contribution in [0.2, 0.25) is 5.02 Å². The highest BCUT2D eigenvalue weighted by atomic mass is 35.5. The molecule has 0 amide bonds. The Morgan fingerprint density at radius 3 is 2.52 bits per heavy atom. The number of nitrogens with zero attached hydrogens (tertiary/aromatic N) is 4. The van der Waals surface area contributed by atoms with Gasteiger partial charge < -0.3 is 14.2 Å². The first-order valence-electron chi connectivity index (χ1n) is 7.56. The Balaban J connectivity index is 2.01. The van der Waals surface area contributed by atoms with Crippen LogP contribution in [0.4, 0.5) is 5.69 Å². The second-order valence-electron chi connectivity index (χ2n) is 5.27. The second-order valence-corrected chi connectivity index (χ2v) is 5.71. The Labute approximate surface area is 140 Å². The molecule has 120 valence electrons. The molecule has 1 aliphatic rings. The molecule has 2 heterocycles. The summed E-state index contributed by atoms with van der Waals surface area (Å²) in [5.74, 6) is 0.692. The van der Waals surface area contributed by atoms with E-state index in [0.717, 1.165) is 24.3 Å². The number of aromatic nitrogens is 1. The SMILES string of the molecule is Cn1ccccc1=NC(=Nc1ccc(Cl)cc1)N1CCOCC1. The molecule has 0 spiro atoms. The molecule has 3 rings (SSSR count). The highest BCUT2D eigenvalue weighted by Gasteiger charge is 2.15. The number of guanidine groups is 1. The van der Waals surface area contributed by atoms with Crippen LogP contribution in [0, 0.1) is 0 Å². The average Bonchev–Trinajstić information content (AvgIpc) is 2.59. The van der Waals surface area contributed by atoms with Crippen molar-refractivity contribution in [1.29, 1.82) is 0 Å². The number of pyridine rings is 1. The Morgan fingerprint density at radius 1 is 1.09 bits per heavy atom. The predicted octanol–water partition coefficient (Wildman–Crippen LogP) is 2.60. The number of morpholine rings is 1. The van der Waals surface area contributed by atoms with Gasteiger partial charge in [-0.05, 0) is 36.4 Å². The minimum Gasteiger partial charge on any atom is -0.378 e. The fourth-order valence-electron chi connectivity index (χ4n) is 2.29. The van der Waals surface area contributed by atoms with Gasteiger partial charge in [0, 0.05) is 31.4 Å². The van der Waals surface area contributed by atoms with Crippen molar-refractivity contribution in [2.45, 2.75) is 0 Å². The zero-order valence-corrected chi connectivity index (χ0v) is 13.8. The van der Waals surface area contributed by atoms with E-state index in [4.69, 9.17) is 26.3 Å². The summed E-state index contributed by atoms with van der Waals surface area (Å²) >= 11 is 5.95. The normalized spacial score (nSPS) is 16.7. The fourth-order valence-corrected chi connectivity index (χ4v) is 2.42. The van der Waals surface area contributed by atoms with Gasteiger partial charge in [-0.2, -0.15) is 4.99 Å². The Hall–Kier alpha value is -2.11. The lowest BCUT2D eigenvalue weighted by Crippen LogP contribution is -2.41. The quantitative estimate of drug-likeness (QED) is 0.596. The van der Waals surface area contributed by atoms with Gasteiger partial charge in [0.05, 0.1) is 18.9 Å². The van der Waals surface area contributed by atoms with Gasteiger partial charge in [-0.3, -0.25) is 0 Å². The maximum absolute atomic E-state index is 5.95. The van der Waals surface area contributed by atoms with Crippen LogP contribution in [0.15, 0.2) is 58.6 Å². The zero-order valence-electron chi connectivity index (χ0n) is 13.0. The van der Waals surface area contributed by atoms with E-state index >= 15 is 0 Å². The van der Waals surface area contributed by atoms with Gasteiger partial charge >= 0.3 is 0 Å². The third kappa shape index (κ3) is 4.21. The Morgan fingerprint density at radius 2 is 1.83 bits per heavy atom. The number of aryl methyl sites for hydroxylation is 1. The number of benzene rings is 1. The Kier molecular flexibility index (Phi) is 5.10. The molecule has 1 aliphatic heterocycles. The lowest BCUT2D eigenvalue weighted by atomic mass is 10.3. The zero-order chi connectivity index (χ0) is 16.1. The molecule has 0 aliphatic carbocycles. The van der Waals surface area contributed by atoms with Crippen LogP contribution in [0.1, 0.15) is 0 Å². The van der Waals surface area contributed by atoms with Gasteiger partial charge in [-0.25, -0.2) is 4.99 Å². The third-order valence-corrected chi connectivity index (χ3v) is 3.84. The second kappa shape index (κ2) is 7.44. The molecule has 6 heteroatoms. The van der Waals surface area contributed by atoms with Crippen LogP contribution in [-0.4, -0.2) is 41.7 Å². The van der Waals surface area contributed by atoms with Crippen LogP contribution in [0.25, 0.3) is 0 Å². The summed E-state index contributed by atoms with van der Waals surface area (Å²) < 4.78 is 7.40. The third-order valence-electron chi connectivity index (χ3n) is 3.59. The molecule has 1 aromatic heterocycles. The summed E-state index contributed by atoms with van der Waals surface area (Å²) in [4.78, 5) is 11.6. The first-order chi connectivity index (χ1) is 11.2. The van der Waals surface area contributed by atoms with Gasteiger partial charge in [-0.15, -0.1) is 0 Å². The van der Waals surface area contributed by atoms with Crippen molar-refractivity contribution in [3.63, 3.8) is 0 Å². The Bertz CT molecular complexity index is 746.